The van der Waals surface area contributed by atoms with Crippen LogP contribution in [0, 0.1) is 0 Å². The topological polar surface area (TPSA) is 78.9 Å². The Morgan fingerprint density at radius 1 is 0.273 bits per heavy atom. The Morgan fingerprint density at radius 2 is 0.532 bits per heavy atom. The molecule has 77 heavy (non-hydrogen) atoms. The van der Waals surface area contributed by atoms with Gasteiger partial charge in [0.25, 0.3) is 0 Å². The number of allylic oxidation sites excluding steroid dienone is 20. The van der Waals surface area contributed by atoms with Crippen molar-refractivity contribution in [3.63, 3.8) is 0 Å². The van der Waals surface area contributed by atoms with Gasteiger partial charge in [0, 0.05) is 19.3 Å². The molecule has 0 aromatic carbocycles. The lowest BCUT2D eigenvalue weighted by Gasteiger charge is -2.18. The van der Waals surface area contributed by atoms with E-state index in [1.165, 1.54) is 141 Å². The molecule has 0 saturated carbocycles. The molecule has 0 spiro atoms. The summed E-state index contributed by atoms with van der Waals surface area (Å²) in [5.41, 5.74) is 0. The molecule has 6 nitrogen and oxygen atoms in total. The molecule has 438 valence electrons. The molecule has 0 aliphatic rings. The molecule has 0 radical (unpaired) electrons. The maximum Gasteiger partial charge on any atom is 0.306 e. The first-order valence-electron chi connectivity index (χ1n) is 32.0. The number of esters is 3. The third-order valence-corrected chi connectivity index (χ3v) is 13.5. The van der Waals surface area contributed by atoms with Crippen molar-refractivity contribution in [2.45, 2.75) is 297 Å². The van der Waals surface area contributed by atoms with Gasteiger partial charge in [-0.15, -0.1) is 0 Å². The molecule has 0 aromatic rings. The summed E-state index contributed by atoms with van der Waals surface area (Å²) in [6.07, 6.45) is 89.6. The summed E-state index contributed by atoms with van der Waals surface area (Å²) in [4.78, 5) is 38.1. The van der Waals surface area contributed by atoms with Crippen molar-refractivity contribution in [2.24, 2.45) is 0 Å². The quantitative estimate of drug-likeness (QED) is 0.0261. The highest BCUT2D eigenvalue weighted by Crippen LogP contribution is 2.16. The second-order valence-electron chi connectivity index (χ2n) is 20.9. The van der Waals surface area contributed by atoms with E-state index in [2.05, 4.69) is 136 Å². The minimum absolute atomic E-state index is 0.104. The highest BCUT2D eigenvalue weighted by Gasteiger charge is 2.19. The predicted molar refractivity (Wildman–Crippen MR) is 334 cm³/mol. The van der Waals surface area contributed by atoms with Crippen LogP contribution in [-0.4, -0.2) is 37.2 Å². The summed E-state index contributed by atoms with van der Waals surface area (Å²) in [5, 5.41) is 0. The van der Waals surface area contributed by atoms with Gasteiger partial charge >= 0.3 is 17.9 Å². The third-order valence-electron chi connectivity index (χ3n) is 13.5. The van der Waals surface area contributed by atoms with Crippen LogP contribution in [0.5, 0.6) is 0 Å². The van der Waals surface area contributed by atoms with E-state index >= 15 is 0 Å². The number of ether oxygens (including phenoxy) is 3. The number of hydrogen-bond acceptors (Lipinski definition) is 6. The maximum absolute atomic E-state index is 12.8. The van der Waals surface area contributed by atoms with Crippen molar-refractivity contribution in [3.8, 4) is 0 Å². The van der Waals surface area contributed by atoms with Crippen LogP contribution in [0.15, 0.2) is 122 Å². The summed E-state index contributed by atoms with van der Waals surface area (Å²) in [6, 6.07) is 0. The zero-order valence-corrected chi connectivity index (χ0v) is 50.2. The minimum atomic E-state index is -0.814. The first-order valence-corrected chi connectivity index (χ1v) is 32.0. The van der Waals surface area contributed by atoms with Crippen LogP contribution >= 0.6 is 0 Å². The molecule has 0 amide bonds. The fourth-order valence-corrected chi connectivity index (χ4v) is 8.76. The van der Waals surface area contributed by atoms with E-state index in [9.17, 15) is 14.4 Å². The van der Waals surface area contributed by atoms with Crippen LogP contribution in [0.1, 0.15) is 290 Å². The molecule has 1 unspecified atom stereocenters. The zero-order valence-electron chi connectivity index (χ0n) is 50.2. The largest absolute Gasteiger partial charge is 0.462 e. The normalized spacial score (nSPS) is 12.9. The van der Waals surface area contributed by atoms with Crippen molar-refractivity contribution in [3.05, 3.63) is 122 Å². The lowest BCUT2D eigenvalue weighted by atomic mass is 10.0. The van der Waals surface area contributed by atoms with E-state index < -0.39 is 6.10 Å². The van der Waals surface area contributed by atoms with Crippen LogP contribution < -0.4 is 0 Å². The van der Waals surface area contributed by atoms with Crippen LogP contribution in [0.2, 0.25) is 0 Å². The highest BCUT2D eigenvalue weighted by atomic mass is 16.6. The van der Waals surface area contributed by atoms with Gasteiger partial charge in [-0.1, -0.05) is 296 Å². The molecule has 0 saturated heterocycles. The second-order valence-corrected chi connectivity index (χ2v) is 20.9. The van der Waals surface area contributed by atoms with E-state index in [-0.39, 0.29) is 37.5 Å². The third kappa shape index (κ3) is 62.5. The minimum Gasteiger partial charge on any atom is -0.462 e. The Morgan fingerprint density at radius 3 is 0.844 bits per heavy atom. The van der Waals surface area contributed by atoms with Gasteiger partial charge in [0.05, 0.1) is 0 Å². The van der Waals surface area contributed by atoms with Crippen molar-refractivity contribution in [2.75, 3.05) is 13.2 Å². The van der Waals surface area contributed by atoms with Crippen LogP contribution in [0.25, 0.3) is 0 Å². The molecule has 0 fully saturated rings. The smallest absolute Gasteiger partial charge is 0.306 e. The molecule has 0 aromatic heterocycles. The Balaban J connectivity index is 4.12. The van der Waals surface area contributed by atoms with Crippen LogP contribution in [-0.2, 0) is 28.6 Å². The van der Waals surface area contributed by atoms with E-state index in [1.807, 2.05) is 6.08 Å². The molecule has 0 rings (SSSR count). The number of unbranched alkanes of at least 4 members (excludes halogenated alkanes) is 26. The summed E-state index contributed by atoms with van der Waals surface area (Å²) in [5.74, 6) is -0.982. The molecular weight excluding hydrogens is 949 g/mol. The summed E-state index contributed by atoms with van der Waals surface area (Å²) in [6.45, 7) is 6.35. The zero-order chi connectivity index (χ0) is 55.7. The van der Waals surface area contributed by atoms with E-state index in [4.69, 9.17) is 14.2 Å². The van der Waals surface area contributed by atoms with Gasteiger partial charge in [-0.05, 0) is 96.3 Å². The summed E-state index contributed by atoms with van der Waals surface area (Å²) in [7, 11) is 0. The van der Waals surface area contributed by atoms with Gasteiger partial charge in [-0.3, -0.25) is 14.4 Å². The molecular formula is C71H118O6. The average Bonchev–Trinajstić information content (AvgIpc) is 3.43. The van der Waals surface area contributed by atoms with Gasteiger partial charge in [0.2, 0.25) is 0 Å². The fourth-order valence-electron chi connectivity index (χ4n) is 8.76. The molecule has 1 atom stereocenters. The first kappa shape index (κ1) is 72.8. The van der Waals surface area contributed by atoms with Crippen LogP contribution in [0.4, 0.5) is 0 Å². The van der Waals surface area contributed by atoms with Crippen molar-refractivity contribution in [1.82, 2.24) is 0 Å². The molecule has 0 N–H and O–H groups in total. The second kappa shape index (κ2) is 64.3. The SMILES string of the molecule is CC/C=C\C/C=C\C/C=C\C/C=C\C/C=C\C/C=C\CCCCCCCCCCCCCCCCCCC(=O)OCC(COC(=O)CCCCCCCCCCCCC)OC(=O)CC/C=C\C/C=C\C/C=C\C/C=C\CC. The van der Waals surface area contributed by atoms with Gasteiger partial charge < -0.3 is 14.2 Å². The highest BCUT2D eigenvalue weighted by molar-refractivity contribution is 5.71. The van der Waals surface area contributed by atoms with Gasteiger partial charge in [0.1, 0.15) is 13.2 Å². The Labute approximate surface area is 475 Å². The van der Waals surface area contributed by atoms with Crippen molar-refractivity contribution in [1.29, 1.82) is 0 Å². The lowest BCUT2D eigenvalue weighted by Crippen LogP contribution is -2.30. The monoisotopic (exact) mass is 1070 g/mol. The molecule has 6 heteroatoms. The Bertz CT molecular complexity index is 1600. The van der Waals surface area contributed by atoms with Crippen molar-refractivity contribution < 1.29 is 28.6 Å². The fraction of sp³-hybridized carbons (Fsp3) is 0.676. The van der Waals surface area contributed by atoms with E-state index in [0.29, 0.717) is 19.3 Å². The summed E-state index contributed by atoms with van der Waals surface area (Å²) < 4.78 is 16.8. The van der Waals surface area contributed by atoms with E-state index in [0.717, 1.165) is 103 Å². The van der Waals surface area contributed by atoms with Gasteiger partial charge in [0.15, 0.2) is 6.10 Å². The van der Waals surface area contributed by atoms with Crippen LogP contribution in [0.3, 0.4) is 0 Å². The maximum atomic E-state index is 12.8. The standard InChI is InChI=1S/C71H118O6/c1-4-7-10-13-16-19-22-24-25-26-27-28-29-30-31-32-33-34-35-36-37-38-39-40-41-42-43-44-45-47-49-52-55-58-61-64-70(73)76-67-68(66-75-69(72)63-60-57-54-51-48-21-18-15-12-9-6-3)77-71(74)65-62-59-56-53-50-46-23-20-17-14-11-8-5-2/h7-8,10-11,16-17,19-20,24-25,27-28,30-31,33-34,46,50,56,59,68H,4-6,9,12-15,18,21-23,26,29,32,35-45,47-49,51-55,57-58,60-67H2,1-3H3/b10-7-,11-8-,19-16-,20-17-,25-24-,28-27-,31-30-,34-33-,50-46-,59-56-. The lowest BCUT2D eigenvalue weighted by molar-refractivity contribution is -0.166. The molecule has 0 bridgehead atoms. The average molecular weight is 1070 g/mol. The Kier molecular flexibility index (Phi) is 60.8. The summed E-state index contributed by atoms with van der Waals surface area (Å²) >= 11 is 0. The number of carbonyl (C=O) groups is 3. The number of carbonyl (C=O) groups excluding carboxylic acids is 3. The first-order chi connectivity index (χ1) is 38.0. The number of rotatable bonds is 57. The van der Waals surface area contributed by atoms with Crippen molar-refractivity contribution >= 4 is 17.9 Å². The Hall–Kier alpha value is -4.19. The predicted octanol–water partition coefficient (Wildman–Crippen LogP) is 22.0. The van der Waals surface area contributed by atoms with Gasteiger partial charge in [-0.25, -0.2) is 0 Å². The molecule has 0 aliphatic carbocycles. The van der Waals surface area contributed by atoms with E-state index in [1.54, 1.807) is 0 Å². The molecule has 0 aliphatic heterocycles. The molecule has 0 heterocycles. The number of hydrogen-bond donors (Lipinski definition) is 0. The van der Waals surface area contributed by atoms with Gasteiger partial charge in [-0.2, -0.15) is 0 Å².